The third-order valence-corrected chi connectivity index (χ3v) is 7.87. The van der Waals surface area contributed by atoms with E-state index >= 15 is 0 Å². The molecule has 0 N–H and O–H groups in total. The molecule has 0 radical (unpaired) electrons. The van der Waals surface area contributed by atoms with Crippen LogP contribution in [-0.2, 0) is 39.6 Å². The molecule has 1 aliphatic rings. The van der Waals surface area contributed by atoms with Crippen LogP contribution >= 0.6 is 0 Å². The topological polar surface area (TPSA) is 125 Å². The number of rotatable bonds is 8. The molecule has 0 unspecified atom stereocenters. The van der Waals surface area contributed by atoms with E-state index in [1.54, 1.807) is 30.3 Å². The van der Waals surface area contributed by atoms with Crippen molar-refractivity contribution in [3.8, 4) is 0 Å². The highest BCUT2D eigenvalue weighted by molar-refractivity contribution is 7.89. The number of carbonyl (C=O) groups is 1. The monoisotopic (exact) mass is 486 g/mol. The van der Waals surface area contributed by atoms with Crippen molar-refractivity contribution in [1.29, 1.82) is 0 Å². The summed E-state index contributed by atoms with van der Waals surface area (Å²) >= 11 is 0. The van der Waals surface area contributed by atoms with Crippen molar-refractivity contribution in [2.24, 2.45) is 7.05 Å². The fraction of sp³-hybridized carbons (Fsp3) is 0.391. The Morgan fingerprint density at radius 3 is 2.65 bits per heavy atom. The van der Waals surface area contributed by atoms with Gasteiger partial charge in [-0.1, -0.05) is 18.6 Å². The van der Waals surface area contributed by atoms with Gasteiger partial charge in [0.15, 0.2) is 0 Å². The minimum absolute atomic E-state index is 0.0548. The summed E-state index contributed by atoms with van der Waals surface area (Å²) in [5, 5.41) is 10.9. The molecule has 1 saturated heterocycles. The van der Waals surface area contributed by atoms with E-state index in [0.29, 0.717) is 36.4 Å². The number of carbonyl (C=O) groups excluding carboxylic acids is 1. The highest BCUT2D eigenvalue weighted by Crippen LogP contribution is 2.25. The van der Waals surface area contributed by atoms with E-state index in [1.807, 2.05) is 11.6 Å². The van der Waals surface area contributed by atoms with Crippen molar-refractivity contribution in [2.45, 2.75) is 43.6 Å². The van der Waals surface area contributed by atoms with Gasteiger partial charge in [-0.25, -0.2) is 13.4 Å². The van der Waals surface area contributed by atoms with Crippen LogP contribution in [0.3, 0.4) is 0 Å². The van der Waals surface area contributed by atoms with Crippen LogP contribution in [0.2, 0.25) is 0 Å². The van der Waals surface area contributed by atoms with Crippen molar-refractivity contribution in [3.05, 3.63) is 64.0 Å². The molecule has 0 amide bonds. The van der Waals surface area contributed by atoms with Crippen LogP contribution in [0.4, 0.5) is 5.69 Å². The SMILES string of the molecule is Cn1c(CCC(=O)OCc2cccc([N+](=O)[O-])c2)nc2cc(S(=O)(=O)N3CCCCC3)ccc21. The van der Waals surface area contributed by atoms with Gasteiger partial charge in [0.1, 0.15) is 12.4 Å². The number of non-ortho nitro benzene ring substituents is 1. The number of sulfonamides is 1. The number of aryl methyl sites for hydroxylation is 2. The normalized spacial score (nSPS) is 14.9. The van der Waals surface area contributed by atoms with Gasteiger partial charge >= 0.3 is 5.97 Å². The maximum Gasteiger partial charge on any atom is 0.306 e. The first-order valence-electron chi connectivity index (χ1n) is 11.1. The van der Waals surface area contributed by atoms with Crippen molar-refractivity contribution in [2.75, 3.05) is 13.1 Å². The van der Waals surface area contributed by atoms with Gasteiger partial charge in [-0.05, 0) is 36.6 Å². The molecule has 1 fully saturated rings. The average molecular weight is 487 g/mol. The van der Waals surface area contributed by atoms with E-state index in [-0.39, 0.29) is 23.6 Å². The van der Waals surface area contributed by atoms with Crippen LogP contribution in [0.15, 0.2) is 47.4 Å². The summed E-state index contributed by atoms with van der Waals surface area (Å²) in [4.78, 5) is 27.4. The van der Waals surface area contributed by atoms with Gasteiger partial charge in [-0.2, -0.15) is 4.31 Å². The molecule has 0 atom stereocenters. The first-order chi connectivity index (χ1) is 16.3. The minimum Gasteiger partial charge on any atom is -0.461 e. The lowest BCUT2D eigenvalue weighted by Crippen LogP contribution is -2.35. The zero-order valence-corrected chi connectivity index (χ0v) is 19.7. The van der Waals surface area contributed by atoms with Crippen LogP contribution in [0.1, 0.15) is 37.1 Å². The molecule has 1 aromatic heterocycles. The third-order valence-electron chi connectivity index (χ3n) is 5.97. The van der Waals surface area contributed by atoms with Crippen LogP contribution in [0.5, 0.6) is 0 Å². The number of nitro benzene ring substituents is 1. The Hall–Kier alpha value is -3.31. The fourth-order valence-electron chi connectivity index (χ4n) is 4.08. The van der Waals surface area contributed by atoms with Crippen LogP contribution in [0.25, 0.3) is 11.0 Å². The summed E-state index contributed by atoms with van der Waals surface area (Å²) in [5.74, 6) is 0.182. The van der Waals surface area contributed by atoms with E-state index in [4.69, 9.17) is 4.74 Å². The number of hydrogen-bond acceptors (Lipinski definition) is 7. The average Bonchev–Trinajstić information content (AvgIpc) is 3.17. The number of ether oxygens (including phenoxy) is 1. The smallest absolute Gasteiger partial charge is 0.306 e. The zero-order chi connectivity index (χ0) is 24.3. The molecule has 0 bridgehead atoms. The number of aromatic nitrogens is 2. The molecule has 1 aliphatic heterocycles. The lowest BCUT2D eigenvalue weighted by molar-refractivity contribution is -0.384. The van der Waals surface area contributed by atoms with Crippen molar-refractivity contribution in [3.63, 3.8) is 0 Å². The van der Waals surface area contributed by atoms with E-state index in [2.05, 4.69) is 4.98 Å². The first kappa shape index (κ1) is 23.8. The van der Waals surface area contributed by atoms with Gasteiger partial charge in [0.25, 0.3) is 5.69 Å². The Bertz CT molecular complexity index is 1330. The standard InChI is InChI=1S/C23H26N4O6S/c1-25-21-9-8-19(34(31,32)26-12-3-2-4-13-26)15-20(21)24-22(25)10-11-23(28)33-16-17-6-5-7-18(14-17)27(29)30/h5-9,14-15H,2-4,10-13,16H2,1H3. The molecule has 0 saturated carbocycles. The summed E-state index contributed by atoms with van der Waals surface area (Å²) in [5.41, 5.74) is 1.81. The predicted molar refractivity (Wildman–Crippen MR) is 125 cm³/mol. The number of nitro groups is 1. The number of esters is 1. The molecule has 11 heteroatoms. The first-order valence-corrected chi connectivity index (χ1v) is 12.5. The van der Waals surface area contributed by atoms with E-state index in [0.717, 1.165) is 24.8 Å². The van der Waals surface area contributed by atoms with Crippen molar-refractivity contribution >= 4 is 32.7 Å². The molecular weight excluding hydrogens is 460 g/mol. The molecule has 3 aromatic rings. The number of imidazole rings is 1. The number of nitrogens with zero attached hydrogens (tertiary/aromatic N) is 4. The van der Waals surface area contributed by atoms with Crippen LogP contribution < -0.4 is 0 Å². The van der Waals surface area contributed by atoms with Gasteiger partial charge in [0.05, 0.1) is 27.3 Å². The Morgan fingerprint density at radius 1 is 1.15 bits per heavy atom. The van der Waals surface area contributed by atoms with E-state index in [9.17, 15) is 23.3 Å². The molecule has 34 heavy (non-hydrogen) atoms. The lowest BCUT2D eigenvalue weighted by Gasteiger charge is -2.25. The van der Waals surface area contributed by atoms with Gasteiger partial charge in [-0.15, -0.1) is 0 Å². The predicted octanol–water partition coefficient (Wildman–Crippen LogP) is 3.33. The van der Waals surface area contributed by atoms with E-state index < -0.39 is 20.9 Å². The Morgan fingerprint density at radius 2 is 1.91 bits per heavy atom. The lowest BCUT2D eigenvalue weighted by atomic mass is 10.2. The van der Waals surface area contributed by atoms with Gasteiger partial charge < -0.3 is 9.30 Å². The number of benzene rings is 2. The summed E-state index contributed by atoms with van der Waals surface area (Å²) in [6.07, 6.45) is 3.17. The van der Waals surface area contributed by atoms with Crippen molar-refractivity contribution in [1.82, 2.24) is 13.9 Å². The third kappa shape index (κ3) is 5.10. The van der Waals surface area contributed by atoms with Gasteiger partial charge in [0, 0.05) is 38.7 Å². The summed E-state index contributed by atoms with van der Waals surface area (Å²) in [7, 11) is -1.74. The Kier molecular flexibility index (Phi) is 6.94. The van der Waals surface area contributed by atoms with E-state index in [1.165, 1.54) is 16.4 Å². The number of hydrogen-bond donors (Lipinski definition) is 0. The van der Waals surface area contributed by atoms with Crippen molar-refractivity contribution < 1.29 is 22.9 Å². The van der Waals surface area contributed by atoms with Crippen LogP contribution in [0, 0.1) is 10.1 Å². The molecule has 0 spiro atoms. The molecular formula is C23H26N4O6S. The summed E-state index contributed by atoms with van der Waals surface area (Å²) < 4.78 is 34.6. The maximum atomic E-state index is 13.0. The maximum absolute atomic E-state index is 13.0. The largest absolute Gasteiger partial charge is 0.461 e. The summed E-state index contributed by atoms with van der Waals surface area (Å²) in [6, 6.07) is 10.9. The van der Waals surface area contributed by atoms with Crippen LogP contribution in [-0.4, -0.2) is 46.3 Å². The molecule has 2 aromatic carbocycles. The quantitative estimate of drug-likeness (QED) is 0.272. The number of piperidine rings is 1. The summed E-state index contributed by atoms with van der Waals surface area (Å²) in [6.45, 7) is 1.01. The molecule has 2 heterocycles. The second-order valence-electron chi connectivity index (χ2n) is 8.29. The highest BCUT2D eigenvalue weighted by Gasteiger charge is 2.26. The number of fused-ring (bicyclic) bond motifs is 1. The van der Waals surface area contributed by atoms with Gasteiger partial charge in [-0.3, -0.25) is 14.9 Å². The Labute approximate surface area is 197 Å². The second kappa shape index (κ2) is 9.90. The molecule has 180 valence electrons. The zero-order valence-electron chi connectivity index (χ0n) is 18.8. The fourth-order valence-corrected chi connectivity index (χ4v) is 5.62. The Balaban J connectivity index is 1.41. The minimum atomic E-state index is -3.56. The molecule has 4 rings (SSSR count). The second-order valence-corrected chi connectivity index (χ2v) is 10.2. The molecule has 10 nitrogen and oxygen atoms in total. The molecule has 0 aliphatic carbocycles. The highest BCUT2D eigenvalue weighted by atomic mass is 32.2. The van der Waals surface area contributed by atoms with Gasteiger partial charge in [0.2, 0.25) is 10.0 Å².